The molecule has 0 unspecified atom stereocenters. The van der Waals surface area contributed by atoms with Crippen molar-refractivity contribution in [2.24, 2.45) is 0 Å². The molecule has 0 saturated carbocycles. The van der Waals surface area contributed by atoms with E-state index in [1.165, 1.54) is 17.7 Å². The molecule has 1 fully saturated rings. The van der Waals surface area contributed by atoms with Crippen LogP contribution in [0.25, 0.3) is 22.0 Å². The number of nitrogens with zero attached hydrogens (tertiary/aromatic N) is 4. The average Bonchev–Trinajstić information content (AvgIpc) is 2.84. The topological polar surface area (TPSA) is 43.2 Å². The minimum atomic E-state index is -0.236. The molecule has 0 atom stereocenters. The molecule has 158 valence electrons. The summed E-state index contributed by atoms with van der Waals surface area (Å²) in [6, 6.07) is 27.0. The van der Waals surface area contributed by atoms with Crippen LogP contribution in [0.4, 0.5) is 10.2 Å². The molecule has 1 aromatic heterocycles. The van der Waals surface area contributed by atoms with Crippen LogP contribution in [-0.4, -0.2) is 36.1 Å². The number of benzene rings is 3. The van der Waals surface area contributed by atoms with Crippen molar-refractivity contribution < 1.29 is 4.39 Å². The van der Waals surface area contributed by atoms with E-state index < -0.39 is 0 Å². The van der Waals surface area contributed by atoms with Gasteiger partial charge in [0.2, 0.25) is 0 Å². The van der Waals surface area contributed by atoms with E-state index in [1.807, 2.05) is 30.3 Å². The highest BCUT2D eigenvalue weighted by molar-refractivity contribution is 5.94. The number of piperazine rings is 1. The molecule has 4 aromatic rings. The van der Waals surface area contributed by atoms with Crippen molar-refractivity contribution in [2.45, 2.75) is 6.54 Å². The second-order valence-electron chi connectivity index (χ2n) is 8.13. The third-order valence-corrected chi connectivity index (χ3v) is 6.02. The normalized spacial score (nSPS) is 14.4. The van der Waals surface area contributed by atoms with Crippen LogP contribution in [-0.2, 0) is 6.54 Å². The molecule has 1 aliphatic heterocycles. The lowest BCUT2D eigenvalue weighted by Gasteiger charge is -2.35. The van der Waals surface area contributed by atoms with E-state index in [4.69, 9.17) is 10.2 Å². The number of anilines is 1. The molecular weight excluding hydrogens is 399 g/mol. The fourth-order valence-corrected chi connectivity index (χ4v) is 4.31. The summed E-state index contributed by atoms with van der Waals surface area (Å²) in [7, 11) is 0. The maximum absolute atomic E-state index is 13.4. The molecule has 4 nitrogen and oxygen atoms in total. The molecule has 0 N–H and O–H groups in total. The molecule has 0 radical (unpaired) electrons. The number of hydrogen-bond donors (Lipinski definition) is 0. The van der Waals surface area contributed by atoms with Gasteiger partial charge >= 0.3 is 0 Å². The van der Waals surface area contributed by atoms with Crippen molar-refractivity contribution in [3.05, 3.63) is 95.8 Å². The summed E-state index contributed by atoms with van der Waals surface area (Å²) in [5, 5.41) is 10.2. The Bertz CT molecular complexity index is 1290. The van der Waals surface area contributed by atoms with Crippen molar-refractivity contribution in [2.75, 3.05) is 31.1 Å². The van der Waals surface area contributed by atoms with E-state index in [1.54, 1.807) is 12.1 Å². The first-order valence-corrected chi connectivity index (χ1v) is 10.8. The zero-order valence-corrected chi connectivity index (χ0v) is 17.7. The zero-order chi connectivity index (χ0) is 21.9. The molecule has 0 aliphatic carbocycles. The summed E-state index contributed by atoms with van der Waals surface area (Å²) in [4.78, 5) is 9.74. The number of halogens is 1. The lowest BCUT2D eigenvalue weighted by atomic mass is 10.0. The molecule has 0 amide bonds. The van der Waals surface area contributed by atoms with Gasteiger partial charge < -0.3 is 4.90 Å². The maximum atomic E-state index is 13.4. The summed E-state index contributed by atoms with van der Waals surface area (Å²) in [6.45, 7) is 4.53. The van der Waals surface area contributed by atoms with E-state index in [9.17, 15) is 4.39 Å². The van der Waals surface area contributed by atoms with Gasteiger partial charge in [-0.1, -0.05) is 42.5 Å². The number of hydrogen-bond acceptors (Lipinski definition) is 4. The van der Waals surface area contributed by atoms with E-state index in [-0.39, 0.29) is 5.82 Å². The standard InChI is InChI=1S/C27H23FN4/c28-24-10-7-22(8-11-24)25-6-2-5-23-9-12-26(30-27(23)25)32-15-13-31(14-16-32)19-21-4-1-3-20(17-21)18-29/h1-12,17H,13-16,19H2. The quantitative estimate of drug-likeness (QED) is 0.451. The summed E-state index contributed by atoms with van der Waals surface area (Å²) in [6.07, 6.45) is 0. The number of aromatic nitrogens is 1. The maximum Gasteiger partial charge on any atom is 0.129 e. The van der Waals surface area contributed by atoms with Crippen molar-refractivity contribution in [1.29, 1.82) is 5.26 Å². The molecular formula is C27H23FN4. The van der Waals surface area contributed by atoms with Gasteiger partial charge in [-0.15, -0.1) is 0 Å². The number of para-hydroxylation sites is 1. The number of nitriles is 1. The highest BCUT2D eigenvalue weighted by atomic mass is 19.1. The van der Waals surface area contributed by atoms with Crippen molar-refractivity contribution in [1.82, 2.24) is 9.88 Å². The highest BCUT2D eigenvalue weighted by Crippen LogP contribution is 2.29. The SMILES string of the molecule is N#Cc1cccc(CN2CCN(c3ccc4cccc(-c5ccc(F)cc5)c4n3)CC2)c1. The van der Waals surface area contributed by atoms with Crippen LogP contribution in [0.1, 0.15) is 11.1 Å². The monoisotopic (exact) mass is 422 g/mol. The molecule has 0 bridgehead atoms. The Morgan fingerprint density at radius 1 is 0.875 bits per heavy atom. The van der Waals surface area contributed by atoms with Crippen molar-refractivity contribution >= 4 is 16.7 Å². The Morgan fingerprint density at radius 3 is 2.44 bits per heavy atom. The fraction of sp³-hybridized carbons (Fsp3) is 0.185. The second-order valence-corrected chi connectivity index (χ2v) is 8.13. The van der Waals surface area contributed by atoms with Gasteiger partial charge in [-0.05, 0) is 47.5 Å². The first kappa shape index (κ1) is 20.2. The molecule has 5 heteroatoms. The smallest absolute Gasteiger partial charge is 0.129 e. The van der Waals surface area contributed by atoms with Gasteiger partial charge in [0.15, 0.2) is 0 Å². The summed E-state index contributed by atoms with van der Waals surface area (Å²) in [5.74, 6) is 0.734. The molecule has 3 aromatic carbocycles. The summed E-state index contributed by atoms with van der Waals surface area (Å²) in [5.41, 5.74) is 4.79. The Balaban J connectivity index is 1.34. The Labute approximate surface area is 187 Å². The molecule has 32 heavy (non-hydrogen) atoms. The largest absolute Gasteiger partial charge is 0.354 e. The Morgan fingerprint density at radius 2 is 1.66 bits per heavy atom. The van der Waals surface area contributed by atoms with Gasteiger partial charge in [0.1, 0.15) is 11.6 Å². The minimum Gasteiger partial charge on any atom is -0.354 e. The van der Waals surface area contributed by atoms with Crippen LogP contribution in [0, 0.1) is 17.1 Å². The van der Waals surface area contributed by atoms with Crippen LogP contribution >= 0.6 is 0 Å². The van der Waals surface area contributed by atoms with Gasteiger partial charge in [-0.2, -0.15) is 5.26 Å². The van der Waals surface area contributed by atoms with Crippen molar-refractivity contribution in [3.63, 3.8) is 0 Å². The van der Waals surface area contributed by atoms with Gasteiger partial charge in [0.25, 0.3) is 0 Å². The van der Waals surface area contributed by atoms with E-state index >= 15 is 0 Å². The number of fused-ring (bicyclic) bond motifs is 1. The van der Waals surface area contributed by atoms with Gasteiger partial charge in [-0.3, -0.25) is 4.90 Å². The van der Waals surface area contributed by atoms with E-state index in [0.717, 1.165) is 60.6 Å². The zero-order valence-electron chi connectivity index (χ0n) is 17.7. The highest BCUT2D eigenvalue weighted by Gasteiger charge is 2.19. The lowest BCUT2D eigenvalue weighted by molar-refractivity contribution is 0.249. The van der Waals surface area contributed by atoms with Crippen molar-refractivity contribution in [3.8, 4) is 17.2 Å². The van der Waals surface area contributed by atoms with E-state index in [0.29, 0.717) is 5.56 Å². The lowest BCUT2D eigenvalue weighted by Crippen LogP contribution is -2.46. The van der Waals surface area contributed by atoms with Gasteiger partial charge in [0.05, 0.1) is 17.1 Å². The summed E-state index contributed by atoms with van der Waals surface area (Å²) >= 11 is 0. The van der Waals surface area contributed by atoms with Crippen LogP contribution in [0.2, 0.25) is 0 Å². The number of pyridine rings is 1. The molecule has 0 spiro atoms. The van der Waals surface area contributed by atoms with Crippen LogP contribution in [0.15, 0.2) is 78.9 Å². The summed E-state index contributed by atoms with van der Waals surface area (Å²) < 4.78 is 13.4. The minimum absolute atomic E-state index is 0.236. The predicted molar refractivity (Wildman–Crippen MR) is 126 cm³/mol. The molecule has 1 saturated heterocycles. The van der Waals surface area contributed by atoms with Crippen LogP contribution in [0.3, 0.4) is 0 Å². The third-order valence-electron chi connectivity index (χ3n) is 6.02. The average molecular weight is 423 g/mol. The molecule has 5 rings (SSSR count). The van der Waals surface area contributed by atoms with Gasteiger partial charge in [0, 0.05) is 43.7 Å². The molecule has 1 aliphatic rings. The first-order valence-electron chi connectivity index (χ1n) is 10.8. The second kappa shape index (κ2) is 8.78. The fourth-order valence-electron chi connectivity index (χ4n) is 4.31. The first-order chi connectivity index (χ1) is 15.7. The molecule has 2 heterocycles. The Kier molecular flexibility index (Phi) is 5.53. The Hall–Kier alpha value is -3.75. The van der Waals surface area contributed by atoms with Gasteiger partial charge in [-0.25, -0.2) is 9.37 Å². The van der Waals surface area contributed by atoms with Crippen LogP contribution < -0.4 is 4.90 Å². The third kappa shape index (κ3) is 4.18. The number of rotatable bonds is 4. The van der Waals surface area contributed by atoms with Crippen LogP contribution in [0.5, 0.6) is 0 Å². The van der Waals surface area contributed by atoms with E-state index in [2.05, 4.69) is 40.1 Å². The predicted octanol–water partition coefficient (Wildman–Crippen LogP) is 5.23.